The first-order valence-electron chi connectivity index (χ1n) is 9.47. The number of piperidine rings is 1. The lowest BCUT2D eigenvalue weighted by Crippen LogP contribution is -2.35. The fourth-order valence-corrected chi connectivity index (χ4v) is 3.48. The van der Waals surface area contributed by atoms with Crippen LogP contribution in [0.1, 0.15) is 24.8 Å². The van der Waals surface area contributed by atoms with Gasteiger partial charge in [-0.3, -0.25) is 0 Å². The van der Waals surface area contributed by atoms with E-state index in [1.807, 2.05) is 12.1 Å². The van der Waals surface area contributed by atoms with Gasteiger partial charge in [0.05, 0.1) is 13.7 Å². The van der Waals surface area contributed by atoms with E-state index in [4.69, 9.17) is 9.47 Å². The van der Waals surface area contributed by atoms with Crippen LogP contribution < -0.4 is 9.47 Å². The summed E-state index contributed by atoms with van der Waals surface area (Å²) in [7, 11) is 1.69. The van der Waals surface area contributed by atoms with Crippen molar-refractivity contribution in [3.8, 4) is 11.5 Å². The molecule has 140 valence electrons. The van der Waals surface area contributed by atoms with Gasteiger partial charge in [-0.2, -0.15) is 0 Å². The first-order valence-corrected chi connectivity index (χ1v) is 9.47. The summed E-state index contributed by atoms with van der Waals surface area (Å²) in [5.41, 5.74) is 1.35. The van der Waals surface area contributed by atoms with Crippen LogP contribution in [-0.2, 0) is 6.42 Å². The van der Waals surface area contributed by atoms with Crippen LogP contribution in [0.5, 0.6) is 11.5 Å². The number of benzene rings is 2. The zero-order valence-corrected chi connectivity index (χ0v) is 15.5. The molecule has 4 heteroatoms. The summed E-state index contributed by atoms with van der Waals surface area (Å²) < 4.78 is 24.3. The minimum absolute atomic E-state index is 0.277. The maximum atomic E-state index is 13.5. The molecule has 2 aromatic carbocycles. The monoisotopic (exact) mass is 357 g/mol. The van der Waals surface area contributed by atoms with E-state index in [1.165, 1.54) is 24.5 Å². The smallest absolute Gasteiger partial charge is 0.165 e. The summed E-state index contributed by atoms with van der Waals surface area (Å²) in [5.74, 6) is 1.68. The lowest BCUT2D eigenvalue weighted by molar-refractivity contribution is 0.163. The normalized spacial score (nSPS) is 15.8. The van der Waals surface area contributed by atoms with Crippen molar-refractivity contribution in [2.24, 2.45) is 5.92 Å². The lowest BCUT2D eigenvalue weighted by atomic mass is 9.93. The van der Waals surface area contributed by atoms with Gasteiger partial charge in [-0.15, -0.1) is 0 Å². The minimum Gasteiger partial charge on any atom is -0.497 e. The summed E-state index contributed by atoms with van der Waals surface area (Å²) in [6.45, 7) is 3.98. The lowest BCUT2D eigenvalue weighted by Gasteiger charge is -2.32. The van der Waals surface area contributed by atoms with E-state index in [-0.39, 0.29) is 5.82 Å². The van der Waals surface area contributed by atoms with E-state index in [9.17, 15) is 4.39 Å². The average molecular weight is 357 g/mol. The molecular formula is C22H28FNO2. The van der Waals surface area contributed by atoms with Gasteiger partial charge in [-0.05, 0) is 74.5 Å². The maximum Gasteiger partial charge on any atom is 0.165 e. The van der Waals surface area contributed by atoms with Crippen LogP contribution in [0.4, 0.5) is 4.39 Å². The Balaban J connectivity index is 1.33. The molecule has 0 spiro atoms. The third kappa shape index (κ3) is 5.46. The predicted octanol–water partition coefficient (Wildman–Crippen LogP) is 4.56. The molecule has 1 heterocycles. The second-order valence-electron chi connectivity index (χ2n) is 6.95. The van der Waals surface area contributed by atoms with Crippen molar-refractivity contribution in [2.45, 2.75) is 25.7 Å². The molecule has 0 bridgehead atoms. The average Bonchev–Trinajstić information content (AvgIpc) is 2.69. The molecule has 0 aliphatic carbocycles. The van der Waals surface area contributed by atoms with Crippen LogP contribution in [-0.4, -0.2) is 38.3 Å². The Hall–Kier alpha value is -2.07. The van der Waals surface area contributed by atoms with Crippen molar-refractivity contribution < 1.29 is 13.9 Å². The molecule has 0 unspecified atom stereocenters. The summed E-state index contributed by atoms with van der Waals surface area (Å²) in [6, 6.07) is 15.0. The zero-order valence-electron chi connectivity index (χ0n) is 15.5. The minimum atomic E-state index is -0.277. The van der Waals surface area contributed by atoms with Gasteiger partial charge in [0.2, 0.25) is 0 Å². The Labute approximate surface area is 155 Å². The van der Waals surface area contributed by atoms with E-state index >= 15 is 0 Å². The highest BCUT2D eigenvalue weighted by atomic mass is 19.1. The summed E-state index contributed by atoms with van der Waals surface area (Å²) >= 11 is 0. The number of halogens is 1. The number of nitrogens with zero attached hydrogens (tertiary/aromatic N) is 1. The molecule has 0 N–H and O–H groups in total. The Morgan fingerprint density at radius 3 is 2.46 bits per heavy atom. The summed E-state index contributed by atoms with van der Waals surface area (Å²) in [6.07, 6.45) is 4.47. The van der Waals surface area contributed by atoms with Gasteiger partial charge in [0.1, 0.15) is 5.75 Å². The first-order chi connectivity index (χ1) is 12.7. The van der Waals surface area contributed by atoms with Crippen LogP contribution >= 0.6 is 0 Å². The van der Waals surface area contributed by atoms with Crippen molar-refractivity contribution in [3.63, 3.8) is 0 Å². The largest absolute Gasteiger partial charge is 0.497 e. The van der Waals surface area contributed by atoms with Crippen LogP contribution in [0.25, 0.3) is 0 Å². The van der Waals surface area contributed by atoms with Crippen molar-refractivity contribution in [1.82, 2.24) is 4.90 Å². The van der Waals surface area contributed by atoms with Gasteiger partial charge >= 0.3 is 0 Å². The topological polar surface area (TPSA) is 21.7 Å². The molecule has 2 aromatic rings. The summed E-state index contributed by atoms with van der Waals surface area (Å²) in [4.78, 5) is 2.54. The van der Waals surface area contributed by atoms with Gasteiger partial charge < -0.3 is 14.4 Å². The molecule has 0 atom stereocenters. The SMILES string of the molecule is COc1ccc(CCN2CCC(CCOc3ccccc3F)CC2)cc1. The highest BCUT2D eigenvalue weighted by molar-refractivity contribution is 5.27. The number of hydrogen-bond donors (Lipinski definition) is 0. The zero-order chi connectivity index (χ0) is 18.2. The first kappa shape index (κ1) is 18.7. The molecule has 26 heavy (non-hydrogen) atoms. The molecule has 0 aromatic heterocycles. The fraction of sp³-hybridized carbons (Fsp3) is 0.455. The van der Waals surface area contributed by atoms with Crippen LogP contribution in [0.2, 0.25) is 0 Å². The molecule has 1 aliphatic rings. The third-order valence-electron chi connectivity index (χ3n) is 5.20. The molecule has 3 nitrogen and oxygen atoms in total. The number of rotatable bonds is 8. The second kappa shape index (κ2) is 9.58. The van der Waals surface area contributed by atoms with Gasteiger partial charge in [0, 0.05) is 6.54 Å². The van der Waals surface area contributed by atoms with Crippen molar-refractivity contribution in [3.05, 3.63) is 59.9 Å². The van der Waals surface area contributed by atoms with Crippen LogP contribution in [0, 0.1) is 11.7 Å². The molecular weight excluding hydrogens is 329 g/mol. The second-order valence-corrected chi connectivity index (χ2v) is 6.95. The standard InChI is InChI=1S/C22H28FNO2/c1-25-20-8-6-18(7-9-20)10-14-24-15-11-19(12-16-24)13-17-26-22-5-3-2-4-21(22)23/h2-9,19H,10-17H2,1H3. The predicted molar refractivity (Wildman–Crippen MR) is 102 cm³/mol. The molecule has 3 rings (SSSR count). The van der Waals surface area contributed by atoms with Crippen LogP contribution in [0.15, 0.2) is 48.5 Å². The molecule has 1 saturated heterocycles. The van der Waals surface area contributed by atoms with Gasteiger partial charge in [0.25, 0.3) is 0 Å². The van der Waals surface area contributed by atoms with Gasteiger partial charge in [-0.1, -0.05) is 24.3 Å². The molecule has 1 aliphatic heterocycles. The maximum absolute atomic E-state index is 13.5. The van der Waals surface area contributed by atoms with Crippen LogP contribution in [0.3, 0.4) is 0 Å². The quantitative estimate of drug-likeness (QED) is 0.691. The Kier molecular flexibility index (Phi) is 6.89. The van der Waals surface area contributed by atoms with E-state index in [0.29, 0.717) is 18.3 Å². The number of methoxy groups -OCH3 is 1. The van der Waals surface area contributed by atoms with E-state index in [0.717, 1.165) is 38.2 Å². The molecule has 1 fully saturated rings. The van der Waals surface area contributed by atoms with E-state index in [1.54, 1.807) is 25.3 Å². The fourth-order valence-electron chi connectivity index (χ4n) is 3.48. The number of ether oxygens (including phenoxy) is 2. The number of para-hydroxylation sites is 1. The van der Waals surface area contributed by atoms with Crippen molar-refractivity contribution in [2.75, 3.05) is 33.4 Å². The van der Waals surface area contributed by atoms with Gasteiger partial charge in [-0.25, -0.2) is 4.39 Å². The van der Waals surface area contributed by atoms with Crippen molar-refractivity contribution >= 4 is 0 Å². The van der Waals surface area contributed by atoms with Gasteiger partial charge in [0.15, 0.2) is 11.6 Å². The van der Waals surface area contributed by atoms with Crippen molar-refractivity contribution in [1.29, 1.82) is 0 Å². The highest BCUT2D eigenvalue weighted by Crippen LogP contribution is 2.22. The molecule has 0 radical (unpaired) electrons. The molecule has 0 amide bonds. The Bertz CT molecular complexity index is 666. The van der Waals surface area contributed by atoms with E-state index in [2.05, 4.69) is 17.0 Å². The van der Waals surface area contributed by atoms with E-state index < -0.39 is 0 Å². The Morgan fingerprint density at radius 1 is 1.04 bits per heavy atom. The summed E-state index contributed by atoms with van der Waals surface area (Å²) in [5, 5.41) is 0. The number of likely N-dealkylation sites (tertiary alicyclic amines) is 1. The highest BCUT2D eigenvalue weighted by Gasteiger charge is 2.19. The third-order valence-corrected chi connectivity index (χ3v) is 5.20. The number of hydrogen-bond acceptors (Lipinski definition) is 3. The molecule has 0 saturated carbocycles. The Morgan fingerprint density at radius 2 is 1.77 bits per heavy atom.